The zero-order valence-electron chi connectivity index (χ0n) is 6.88. The molecule has 0 unspecified atom stereocenters. The Labute approximate surface area is 78.3 Å². The van der Waals surface area contributed by atoms with Gasteiger partial charge >= 0.3 is 0 Å². The Morgan fingerprint density at radius 3 is 3.31 bits per heavy atom. The molecule has 2 heterocycles. The van der Waals surface area contributed by atoms with E-state index in [2.05, 4.69) is 15.3 Å². The number of hydrogen-bond donors (Lipinski definition) is 1. The largest absolute Gasteiger partial charge is 0.373 e. The van der Waals surface area contributed by atoms with Crippen molar-refractivity contribution in [3.8, 4) is 0 Å². The highest BCUT2D eigenvalue weighted by Crippen LogP contribution is 2.11. The molecular formula is C6H9N5OS. The summed E-state index contributed by atoms with van der Waals surface area (Å²) in [5.41, 5.74) is 5.28. The van der Waals surface area contributed by atoms with Gasteiger partial charge in [0.2, 0.25) is 4.96 Å². The Morgan fingerprint density at radius 2 is 2.54 bits per heavy atom. The molecule has 2 aromatic rings. The van der Waals surface area contributed by atoms with Gasteiger partial charge in [0.05, 0.1) is 6.61 Å². The molecule has 0 aliphatic heterocycles. The Hall–Kier alpha value is -1.05. The summed E-state index contributed by atoms with van der Waals surface area (Å²) < 4.78 is 6.86. The highest BCUT2D eigenvalue weighted by Gasteiger charge is 2.04. The van der Waals surface area contributed by atoms with Crippen LogP contribution in [0.2, 0.25) is 0 Å². The average molecular weight is 199 g/mol. The number of rotatable bonds is 4. The van der Waals surface area contributed by atoms with E-state index in [-0.39, 0.29) is 0 Å². The van der Waals surface area contributed by atoms with Gasteiger partial charge in [-0.25, -0.2) is 0 Å². The van der Waals surface area contributed by atoms with Crippen LogP contribution in [0, 0.1) is 0 Å². The summed E-state index contributed by atoms with van der Waals surface area (Å²) in [6, 6.07) is 0. The van der Waals surface area contributed by atoms with E-state index < -0.39 is 0 Å². The topological polar surface area (TPSA) is 78.3 Å². The summed E-state index contributed by atoms with van der Waals surface area (Å²) in [4.78, 5) is 0.784. The first-order chi connectivity index (χ1) is 6.40. The van der Waals surface area contributed by atoms with Crippen molar-refractivity contribution in [1.82, 2.24) is 19.8 Å². The zero-order valence-corrected chi connectivity index (χ0v) is 7.70. The Kier molecular flexibility index (Phi) is 2.48. The minimum atomic E-state index is 0.491. The van der Waals surface area contributed by atoms with Gasteiger partial charge in [-0.2, -0.15) is 9.61 Å². The van der Waals surface area contributed by atoms with E-state index in [1.807, 2.05) is 0 Å². The fourth-order valence-electron chi connectivity index (χ4n) is 0.902. The fourth-order valence-corrected chi connectivity index (χ4v) is 1.65. The lowest BCUT2D eigenvalue weighted by Crippen LogP contribution is -2.08. The Balaban J connectivity index is 2.03. The van der Waals surface area contributed by atoms with Crippen molar-refractivity contribution in [3.63, 3.8) is 0 Å². The van der Waals surface area contributed by atoms with E-state index in [0.29, 0.717) is 19.8 Å². The lowest BCUT2D eigenvalue weighted by atomic mass is 10.7. The van der Waals surface area contributed by atoms with Gasteiger partial charge in [0.25, 0.3) is 0 Å². The van der Waals surface area contributed by atoms with E-state index in [9.17, 15) is 0 Å². The number of aromatic nitrogens is 4. The van der Waals surface area contributed by atoms with E-state index in [4.69, 9.17) is 10.5 Å². The summed E-state index contributed by atoms with van der Waals surface area (Å²) in [6.07, 6.45) is 1.57. The molecule has 70 valence electrons. The van der Waals surface area contributed by atoms with Crippen LogP contribution >= 0.6 is 11.3 Å². The third-order valence-corrected chi connectivity index (χ3v) is 2.30. The second kappa shape index (κ2) is 3.77. The normalized spacial score (nSPS) is 11.2. The van der Waals surface area contributed by atoms with Crippen LogP contribution in [-0.2, 0) is 11.3 Å². The second-order valence-corrected chi connectivity index (χ2v) is 3.44. The molecule has 0 fully saturated rings. The van der Waals surface area contributed by atoms with Crippen molar-refractivity contribution in [2.75, 3.05) is 13.2 Å². The predicted octanol–water partition coefficient (Wildman–Crippen LogP) is -0.339. The van der Waals surface area contributed by atoms with Gasteiger partial charge in [-0.15, -0.1) is 10.2 Å². The van der Waals surface area contributed by atoms with Crippen molar-refractivity contribution in [3.05, 3.63) is 11.3 Å². The van der Waals surface area contributed by atoms with Crippen LogP contribution in [0.25, 0.3) is 4.96 Å². The van der Waals surface area contributed by atoms with Crippen LogP contribution in [-0.4, -0.2) is 33.0 Å². The second-order valence-electron chi connectivity index (χ2n) is 2.40. The van der Waals surface area contributed by atoms with Crippen LogP contribution in [0.1, 0.15) is 5.01 Å². The third kappa shape index (κ3) is 1.82. The third-order valence-electron chi connectivity index (χ3n) is 1.42. The summed E-state index contributed by atoms with van der Waals surface area (Å²) in [5.74, 6) is 0. The molecule has 0 spiro atoms. The number of hydrogen-bond acceptors (Lipinski definition) is 6. The van der Waals surface area contributed by atoms with Gasteiger partial charge in [-0.3, -0.25) is 0 Å². The summed E-state index contributed by atoms with van der Waals surface area (Å²) in [6.45, 7) is 1.58. The maximum absolute atomic E-state index is 5.28. The van der Waals surface area contributed by atoms with Gasteiger partial charge in [0, 0.05) is 6.54 Å². The van der Waals surface area contributed by atoms with Gasteiger partial charge in [0.1, 0.15) is 17.9 Å². The SMILES string of the molecule is NCCOCc1nn2cnnc2s1. The van der Waals surface area contributed by atoms with Gasteiger partial charge in [0.15, 0.2) is 0 Å². The van der Waals surface area contributed by atoms with E-state index >= 15 is 0 Å². The van der Waals surface area contributed by atoms with Gasteiger partial charge < -0.3 is 10.5 Å². The molecule has 0 atom stereocenters. The molecule has 0 bridgehead atoms. The Morgan fingerprint density at radius 1 is 1.62 bits per heavy atom. The van der Waals surface area contributed by atoms with Crippen LogP contribution in [0.3, 0.4) is 0 Å². The minimum absolute atomic E-state index is 0.491. The standard InChI is InChI=1S/C6H9N5OS/c7-1-2-12-3-5-10-11-4-8-9-6(11)13-5/h4H,1-3,7H2. The van der Waals surface area contributed by atoms with Crippen molar-refractivity contribution >= 4 is 16.3 Å². The quantitative estimate of drug-likeness (QED) is 0.681. The first kappa shape index (κ1) is 8.54. The molecule has 2 aromatic heterocycles. The van der Waals surface area contributed by atoms with Crippen molar-refractivity contribution in [1.29, 1.82) is 0 Å². The summed E-state index contributed by atoms with van der Waals surface area (Å²) >= 11 is 1.47. The first-order valence-corrected chi connectivity index (χ1v) is 4.65. The van der Waals surface area contributed by atoms with E-state index in [1.165, 1.54) is 11.3 Å². The molecule has 0 aliphatic carbocycles. The van der Waals surface area contributed by atoms with Crippen molar-refractivity contribution in [2.24, 2.45) is 5.73 Å². The molecule has 0 aromatic carbocycles. The lowest BCUT2D eigenvalue weighted by molar-refractivity contribution is 0.127. The number of nitrogens with zero attached hydrogens (tertiary/aromatic N) is 4. The molecule has 6 nitrogen and oxygen atoms in total. The van der Waals surface area contributed by atoms with Crippen LogP contribution in [0.15, 0.2) is 6.33 Å². The fraction of sp³-hybridized carbons (Fsp3) is 0.500. The Bertz CT molecular complexity index is 354. The molecule has 0 radical (unpaired) electrons. The van der Waals surface area contributed by atoms with Crippen LogP contribution in [0.5, 0.6) is 0 Å². The highest BCUT2D eigenvalue weighted by atomic mass is 32.1. The molecule has 0 amide bonds. The molecule has 2 N–H and O–H groups in total. The van der Waals surface area contributed by atoms with E-state index in [0.717, 1.165) is 9.97 Å². The molecule has 0 aliphatic rings. The number of fused-ring (bicyclic) bond motifs is 1. The number of nitrogens with two attached hydrogens (primary N) is 1. The molecule has 0 saturated carbocycles. The van der Waals surface area contributed by atoms with Crippen molar-refractivity contribution in [2.45, 2.75) is 6.61 Å². The maximum atomic E-state index is 5.28. The average Bonchev–Trinajstić information content (AvgIpc) is 2.64. The monoisotopic (exact) mass is 199 g/mol. The molecule has 7 heteroatoms. The lowest BCUT2D eigenvalue weighted by Gasteiger charge is -1.96. The van der Waals surface area contributed by atoms with Crippen LogP contribution < -0.4 is 5.73 Å². The van der Waals surface area contributed by atoms with Gasteiger partial charge in [-0.05, 0) is 0 Å². The predicted molar refractivity (Wildman–Crippen MR) is 47.4 cm³/mol. The molecule has 0 saturated heterocycles. The highest BCUT2D eigenvalue weighted by molar-refractivity contribution is 7.16. The molecule has 13 heavy (non-hydrogen) atoms. The summed E-state index contributed by atoms with van der Waals surface area (Å²) in [5, 5.41) is 12.6. The first-order valence-electron chi connectivity index (χ1n) is 3.83. The maximum Gasteiger partial charge on any atom is 0.234 e. The smallest absolute Gasteiger partial charge is 0.234 e. The molecular weight excluding hydrogens is 190 g/mol. The van der Waals surface area contributed by atoms with Gasteiger partial charge in [-0.1, -0.05) is 11.3 Å². The molecule has 2 rings (SSSR count). The van der Waals surface area contributed by atoms with Crippen LogP contribution in [0.4, 0.5) is 0 Å². The number of ether oxygens (including phenoxy) is 1. The minimum Gasteiger partial charge on any atom is -0.373 e. The van der Waals surface area contributed by atoms with Crippen molar-refractivity contribution < 1.29 is 4.74 Å². The van der Waals surface area contributed by atoms with E-state index in [1.54, 1.807) is 10.8 Å². The zero-order chi connectivity index (χ0) is 9.10. The summed E-state index contributed by atoms with van der Waals surface area (Å²) in [7, 11) is 0.